The second kappa shape index (κ2) is 10.2. The fraction of sp³-hybridized carbons (Fsp3) is 0.400. The largest absolute Gasteiger partial charge is 0.352 e. The molecule has 0 aliphatic carbocycles. The first-order valence-electron chi connectivity index (χ1n) is 6.95. The van der Waals surface area contributed by atoms with Gasteiger partial charge in [-0.2, -0.15) is 5.10 Å². The van der Waals surface area contributed by atoms with E-state index in [4.69, 9.17) is 0 Å². The zero-order valence-electron chi connectivity index (χ0n) is 13.4. The monoisotopic (exact) mass is 359 g/mol. The normalized spacial score (nSPS) is 12.5. The van der Waals surface area contributed by atoms with Crippen LogP contribution in [0.1, 0.15) is 24.1 Å². The molecule has 0 spiro atoms. The van der Waals surface area contributed by atoms with Gasteiger partial charge in [0.2, 0.25) is 5.91 Å². The molecule has 0 fully saturated rings. The van der Waals surface area contributed by atoms with E-state index in [1.807, 2.05) is 32.3 Å². The number of carbonyl (C=O) groups excluding carboxylic acids is 1. The second-order valence-corrected chi connectivity index (χ2v) is 5.14. The molecule has 128 valence electrons. The lowest BCUT2D eigenvalue weighted by atomic mass is 10.1. The van der Waals surface area contributed by atoms with Crippen molar-refractivity contribution in [2.45, 2.75) is 25.4 Å². The molecule has 2 atom stereocenters. The number of nitrogens with zero attached hydrogens (tertiary/aromatic N) is 3. The van der Waals surface area contributed by atoms with Crippen molar-refractivity contribution in [2.24, 2.45) is 7.05 Å². The molecule has 23 heavy (non-hydrogen) atoms. The van der Waals surface area contributed by atoms with Crippen LogP contribution in [0.3, 0.4) is 0 Å². The van der Waals surface area contributed by atoms with Crippen LogP contribution in [0.2, 0.25) is 0 Å². The summed E-state index contributed by atoms with van der Waals surface area (Å²) in [5.41, 5.74) is 2.01. The Balaban J connectivity index is 0.00000242. The van der Waals surface area contributed by atoms with Crippen LogP contribution in [0.5, 0.6) is 0 Å². The van der Waals surface area contributed by atoms with Crippen molar-refractivity contribution >= 4 is 30.7 Å². The van der Waals surface area contributed by atoms with Gasteiger partial charge in [-0.05, 0) is 38.1 Å². The minimum atomic E-state index is -0.390. The number of carbonyl (C=O) groups is 1. The number of likely N-dealkylation sites (N-methyl/N-ethyl adjacent to an activating group) is 1. The first kappa shape index (κ1) is 21.4. The van der Waals surface area contributed by atoms with Crippen molar-refractivity contribution in [3.63, 3.8) is 0 Å². The SMILES string of the molecule is CNC(C(=O)NC(C)Cc1ccncc1)c1cnn(C)c1.Cl.Cl. The number of hydrogen-bond acceptors (Lipinski definition) is 4. The van der Waals surface area contributed by atoms with Crippen molar-refractivity contribution < 1.29 is 4.79 Å². The van der Waals surface area contributed by atoms with Crippen LogP contribution in [0.15, 0.2) is 36.9 Å². The molecule has 2 unspecified atom stereocenters. The molecule has 2 heterocycles. The quantitative estimate of drug-likeness (QED) is 0.822. The van der Waals surface area contributed by atoms with E-state index in [9.17, 15) is 4.79 Å². The van der Waals surface area contributed by atoms with Gasteiger partial charge in [0.1, 0.15) is 6.04 Å². The number of aromatic nitrogens is 3. The summed E-state index contributed by atoms with van der Waals surface area (Å²) in [6.45, 7) is 1.99. The molecular formula is C15H23Cl2N5O. The first-order valence-corrected chi connectivity index (χ1v) is 6.95. The van der Waals surface area contributed by atoms with Crippen LogP contribution < -0.4 is 10.6 Å². The maximum absolute atomic E-state index is 12.4. The number of halogens is 2. The Labute approximate surface area is 148 Å². The Bertz CT molecular complexity index is 591. The lowest BCUT2D eigenvalue weighted by Gasteiger charge is -2.19. The molecule has 0 saturated heterocycles. The Kier molecular flexibility index (Phi) is 9.48. The zero-order valence-corrected chi connectivity index (χ0v) is 15.0. The smallest absolute Gasteiger partial charge is 0.242 e. The van der Waals surface area contributed by atoms with Gasteiger partial charge in [-0.3, -0.25) is 14.5 Å². The van der Waals surface area contributed by atoms with Gasteiger partial charge < -0.3 is 10.6 Å². The Morgan fingerprint density at radius 3 is 2.48 bits per heavy atom. The van der Waals surface area contributed by atoms with Crippen LogP contribution in [0, 0.1) is 0 Å². The summed E-state index contributed by atoms with van der Waals surface area (Å²) in [4.78, 5) is 16.4. The minimum absolute atomic E-state index is 0. The zero-order chi connectivity index (χ0) is 15.2. The molecule has 0 aromatic carbocycles. The van der Waals surface area contributed by atoms with E-state index >= 15 is 0 Å². The summed E-state index contributed by atoms with van der Waals surface area (Å²) in [6, 6.07) is 3.57. The summed E-state index contributed by atoms with van der Waals surface area (Å²) in [6.07, 6.45) is 7.84. The van der Waals surface area contributed by atoms with E-state index in [1.165, 1.54) is 0 Å². The van der Waals surface area contributed by atoms with E-state index in [2.05, 4.69) is 20.7 Å². The number of nitrogens with one attached hydrogen (secondary N) is 2. The van der Waals surface area contributed by atoms with Gasteiger partial charge in [0, 0.05) is 37.2 Å². The van der Waals surface area contributed by atoms with E-state index < -0.39 is 6.04 Å². The van der Waals surface area contributed by atoms with Crippen LogP contribution in [0.4, 0.5) is 0 Å². The fourth-order valence-corrected chi connectivity index (χ4v) is 2.29. The van der Waals surface area contributed by atoms with E-state index in [0.717, 1.165) is 17.5 Å². The topological polar surface area (TPSA) is 71.8 Å². The summed E-state index contributed by atoms with van der Waals surface area (Å²) < 4.78 is 1.69. The maximum atomic E-state index is 12.4. The van der Waals surface area contributed by atoms with E-state index in [-0.39, 0.29) is 36.8 Å². The maximum Gasteiger partial charge on any atom is 0.242 e. The molecule has 1 amide bonds. The summed E-state index contributed by atoms with van der Waals surface area (Å²) >= 11 is 0. The molecular weight excluding hydrogens is 337 g/mol. The number of aryl methyl sites for hydroxylation is 1. The van der Waals surface area contributed by atoms with Crippen LogP contribution in [-0.2, 0) is 18.3 Å². The van der Waals surface area contributed by atoms with Gasteiger partial charge >= 0.3 is 0 Å². The van der Waals surface area contributed by atoms with Crippen LogP contribution >= 0.6 is 24.8 Å². The van der Waals surface area contributed by atoms with Gasteiger partial charge in [-0.1, -0.05) is 0 Å². The third-order valence-electron chi connectivity index (χ3n) is 3.29. The molecule has 6 nitrogen and oxygen atoms in total. The highest BCUT2D eigenvalue weighted by molar-refractivity contribution is 5.85. The lowest BCUT2D eigenvalue weighted by Crippen LogP contribution is -2.41. The van der Waals surface area contributed by atoms with Gasteiger partial charge in [-0.15, -0.1) is 24.8 Å². The molecule has 8 heteroatoms. The molecule has 0 saturated carbocycles. The Morgan fingerprint density at radius 1 is 1.30 bits per heavy atom. The van der Waals surface area contributed by atoms with Crippen molar-refractivity contribution in [3.8, 4) is 0 Å². The van der Waals surface area contributed by atoms with Gasteiger partial charge in [0.25, 0.3) is 0 Å². The average Bonchev–Trinajstić information content (AvgIpc) is 2.87. The van der Waals surface area contributed by atoms with Gasteiger partial charge in [-0.25, -0.2) is 0 Å². The molecule has 0 aliphatic heterocycles. The molecule has 0 bridgehead atoms. The van der Waals surface area contributed by atoms with Gasteiger partial charge in [0.15, 0.2) is 0 Å². The first-order chi connectivity index (χ1) is 10.1. The summed E-state index contributed by atoms with van der Waals surface area (Å²) in [5.74, 6) is -0.0490. The van der Waals surface area contributed by atoms with Crippen LogP contribution in [0.25, 0.3) is 0 Å². The molecule has 2 aromatic rings. The molecule has 0 aliphatic rings. The van der Waals surface area contributed by atoms with E-state index in [1.54, 1.807) is 30.3 Å². The lowest BCUT2D eigenvalue weighted by molar-refractivity contribution is -0.123. The van der Waals surface area contributed by atoms with Crippen molar-refractivity contribution in [2.75, 3.05) is 7.05 Å². The minimum Gasteiger partial charge on any atom is -0.352 e. The molecule has 2 aromatic heterocycles. The molecule has 0 radical (unpaired) electrons. The standard InChI is InChI=1S/C15H21N5O.2ClH/c1-11(8-12-4-6-17-7-5-12)19-15(21)14(16-2)13-9-18-20(3)10-13;;/h4-7,9-11,14,16H,8H2,1-3H3,(H,19,21);2*1H. The van der Waals surface area contributed by atoms with Crippen molar-refractivity contribution in [1.82, 2.24) is 25.4 Å². The average molecular weight is 360 g/mol. The predicted octanol–water partition coefficient (Wildman–Crippen LogP) is 1.67. The number of pyridine rings is 1. The highest BCUT2D eigenvalue weighted by Gasteiger charge is 2.21. The number of hydrogen-bond donors (Lipinski definition) is 2. The summed E-state index contributed by atoms with van der Waals surface area (Å²) in [7, 11) is 3.60. The second-order valence-electron chi connectivity index (χ2n) is 5.14. The van der Waals surface area contributed by atoms with Gasteiger partial charge in [0.05, 0.1) is 6.20 Å². The fourth-order valence-electron chi connectivity index (χ4n) is 2.29. The predicted molar refractivity (Wildman–Crippen MR) is 95.1 cm³/mol. The highest BCUT2D eigenvalue weighted by atomic mass is 35.5. The van der Waals surface area contributed by atoms with Crippen LogP contribution in [-0.4, -0.2) is 33.8 Å². The number of amides is 1. The third-order valence-corrected chi connectivity index (χ3v) is 3.29. The highest BCUT2D eigenvalue weighted by Crippen LogP contribution is 2.12. The third kappa shape index (κ3) is 6.17. The van der Waals surface area contributed by atoms with Crippen molar-refractivity contribution in [1.29, 1.82) is 0 Å². The summed E-state index contributed by atoms with van der Waals surface area (Å²) in [5, 5.41) is 10.2. The Hall–Kier alpha value is -1.63. The molecule has 2 N–H and O–H groups in total. The van der Waals surface area contributed by atoms with Crippen molar-refractivity contribution in [3.05, 3.63) is 48.0 Å². The molecule has 2 rings (SSSR count). The van der Waals surface area contributed by atoms with E-state index in [0.29, 0.717) is 0 Å². The Morgan fingerprint density at radius 2 is 1.96 bits per heavy atom. The number of rotatable bonds is 6.